The van der Waals surface area contributed by atoms with Crippen LogP contribution >= 0.6 is 0 Å². The zero-order chi connectivity index (χ0) is 9.10. The van der Waals surface area contributed by atoms with Gasteiger partial charge in [0.25, 0.3) is 0 Å². The predicted octanol–water partition coefficient (Wildman–Crippen LogP) is 1.52. The third kappa shape index (κ3) is 3.28. The van der Waals surface area contributed by atoms with Gasteiger partial charge in [0.05, 0.1) is 0 Å². The van der Waals surface area contributed by atoms with Crippen molar-refractivity contribution >= 4 is 0 Å². The van der Waals surface area contributed by atoms with Gasteiger partial charge in [-0.25, -0.2) is 0 Å². The molecule has 76 valence electrons. The van der Waals surface area contributed by atoms with E-state index in [0.717, 1.165) is 18.0 Å². The van der Waals surface area contributed by atoms with E-state index in [0.29, 0.717) is 0 Å². The second-order valence-corrected chi connectivity index (χ2v) is 4.77. The highest BCUT2D eigenvalue weighted by atomic mass is 15.0. The molecule has 1 saturated carbocycles. The van der Waals surface area contributed by atoms with E-state index in [-0.39, 0.29) is 0 Å². The molecular weight excluding hydrogens is 160 g/mol. The van der Waals surface area contributed by atoms with Crippen LogP contribution in [0.25, 0.3) is 0 Å². The van der Waals surface area contributed by atoms with Gasteiger partial charge >= 0.3 is 0 Å². The Morgan fingerprint density at radius 1 is 1.23 bits per heavy atom. The highest BCUT2D eigenvalue weighted by molar-refractivity contribution is 4.82. The summed E-state index contributed by atoms with van der Waals surface area (Å²) in [5.74, 6) is 1.06. The highest BCUT2D eigenvalue weighted by Crippen LogP contribution is 2.33. The fourth-order valence-corrected chi connectivity index (χ4v) is 2.31. The van der Waals surface area contributed by atoms with Gasteiger partial charge in [0.2, 0.25) is 0 Å². The molecule has 2 heteroatoms. The zero-order valence-electron chi connectivity index (χ0n) is 8.68. The van der Waals surface area contributed by atoms with Gasteiger partial charge in [0, 0.05) is 12.1 Å². The summed E-state index contributed by atoms with van der Waals surface area (Å²) in [6, 6.07) is 1.53. The average Bonchev–Trinajstić information content (AvgIpc) is 2.90. The molecule has 0 aromatic carbocycles. The number of hydrogen-bond donors (Lipinski definition) is 2. The van der Waals surface area contributed by atoms with Crippen LogP contribution in [-0.4, -0.2) is 25.2 Å². The second kappa shape index (κ2) is 4.43. The first kappa shape index (κ1) is 9.47. The van der Waals surface area contributed by atoms with Gasteiger partial charge in [-0.3, -0.25) is 0 Å². The molecule has 0 aromatic heterocycles. The number of piperidine rings is 1. The quantitative estimate of drug-likeness (QED) is 0.689. The Labute approximate surface area is 81.5 Å². The molecular formula is C11H22N2. The molecule has 1 saturated heterocycles. The fourth-order valence-electron chi connectivity index (χ4n) is 2.31. The van der Waals surface area contributed by atoms with Crippen LogP contribution in [0.3, 0.4) is 0 Å². The summed E-state index contributed by atoms with van der Waals surface area (Å²) in [5, 5.41) is 7.15. The monoisotopic (exact) mass is 182 g/mol. The maximum atomic E-state index is 3.75. The predicted molar refractivity (Wildman–Crippen MR) is 55.8 cm³/mol. The van der Waals surface area contributed by atoms with E-state index in [9.17, 15) is 0 Å². The molecule has 0 radical (unpaired) electrons. The summed E-state index contributed by atoms with van der Waals surface area (Å²) < 4.78 is 0. The first-order chi connectivity index (χ1) is 6.34. The minimum absolute atomic E-state index is 0.746. The van der Waals surface area contributed by atoms with Crippen molar-refractivity contribution in [3.63, 3.8) is 0 Å². The smallest absolute Gasteiger partial charge is 0.00937 e. The summed E-state index contributed by atoms with van der Waals surface area (Å²) in [7, 11) is 0. The standard InChI is InChI=1S/C11H22N2/c1-9(8-10-2-3-10)13-11-4-6-12-7-5-11/h9-13H,2-8H2,1H3. The van der Waals surface area contributed by atoms with Crippen molar-refractivity contribution in [3.05, 3.63) is 0 Å². The molecule has 13 heavy (non-hydrogen) atoms. The molecule has 0 spiro atoms. The Kier molecular flexibility index (Phi) is 3.23. The van der Waals surface area contributed by atoms with Gasteiger partial charge in [0.1, 0.15) is 0 Å². The summed E-state index contributed by atoms with van der Waals surface area (Å²) in [6.07, 6.45) is 7.00. The van der Waals surface area contributed by atoms with Gasteiger partial charge in [-0.05, 0) is 45.2 Å². The Bertz CT molecular complexity index is 148. The lowest BCUT2D eigenvalue weighted by molar-refractivity contribution is 0.342. The van der Waals surface area contributed by atoms with E-state index in [1.54, 1.807) is 0 Å². The van der Waals surface area contributed by atoms with Crippen molar-refractivity contribution in [2.24, 2.45) is 5.92 Å². The summed E-state index contributed by atoms with van der Waals surface area (Å²) >= 11 is 0. The maximum absolute atomic E-state index is 3.75. The zero-order valence-corrected chi connectivity index (χ0v) is 8.68. The lowest BCUT2D eigenvalue weighted by atomic mass is 10.0. The SMILES string of the molecule is CC(CC1CC1)NC1CCNCC1. The van der Waals surface area contributed by atoms with Crippen molar-refractivity contribution in [1.82, 2.24) is 10.6 Å². The summed E-state index contributed by atoms with van der Waals surface area (Å²) in [6.45, 7) is 4.75. The van der Waals surface area contributed by atoms with Crippen molar-refractivity contribution < 1.29 is 0 Å². The van der Waals surface area contributed by atoms with E-state index in [4.69, 9.17) is 0 Å². The molecule has 1 unspecified atom stereocenters. The molecule has 0 amide bonds. The minimum atomic E-state index is 0.746. The van der Waals surface area contributed by atoms with E-state index in [1.165, 1.54) is 45.2 Å². The van der Waals surface area contributed by atoms with Gasteiger partial charge in [-0.2, -0.15) is 0 Å². The first-order valence-electron chi connectivity index (χ1n) is 5.81. The Morgan fingerprint density at radius 2 is 1.92 bits per heavy atom. The van der Waals surface area contributed by atoms with Gasteiger partial charge in [0.15, 0.2) is 0 Å². The molecule has 1 atom stereocenters. The Hall–Kier alpha value is -0.0800. The lowest BCUT2D eigenvalue weighted by Gasteiger charge is -2.27. The molecule has 1 aliphatic heterocycles. The summed E-state index contributed by atoms with van der Waals surface area (Å²) in [4.78, 5) is 0. The largest absolute Gasteiger partial charge is 0.317 e. The minimum Gasteiger partial charge on any atom is -0.317 e. The van der Waals surface area contributed by atoms with Crippen molar-refractivity contribution in [2.75, 3.05) is 13.1 Å². The molecule has 2 nitrogen and oxygen atoms in total. The fraction of sp³-hybridized carbons (Fsp3) is 1.00. The Morgan fingerprint density at radius 3 is 2.54 bits per heavy atom. The number of rotatable bonds is 4. The van der Waals surface area contributed by atoms with Crippen LogP contribution in [0.15, 0.2) is 0 Å². The van der Waals surface area contributed by atoms with Crippen LogP contribution < -0.4 is 10.6 Å². The second-order valence-electron chi connectivity index (χ2n) is 4.77. The molecule has 2 N–H and O–H groups in total. The molecule has 1 aliphatic carbocycles. The molecule has 0 aromatic rings. The van der Waals surface area contributed by atoms with Gasteiger partial charge in [-0.1, -0.05) is 12.8 Å². The normalized spacial score (nSPS) is 27.5. The molecule has 2 rings (SSSR count). The van der Waals surface area contributed by atoms with E-state index >= 15 is 0 Å². The molecule has 2 fully saturated rings. The Balaban J connectivity index is 1.62. The van der Waals surface area contributed by atoms with E-state index in [1.807, 2.05) is 0 Å². The maximum Gasteiger partial charge on any atom is 0.00937 e. The van der Waals surface area contributed by atoms with Crippen LogP contribution in [0, 0.1) is 5.92 Å². The van der Waals surface area contributed by atoms with E-state index < -0.39 is 0 Å². The van der Waals surface area contributed by atoms with Crippen LogP contribution in [-0.2, 0) is 0 Å². The third-order valence-electron chi connectivity index (χ3n) is 3.24. The van der Waals surface area contributed by atoms with Crippen LogP contribution in [0.4, 0.5) is 0 Å². The van der Waals surface area contributed by atoms with Crippen LogP contribution in [0.1, 0.15) is 39.0 Å². The van der Waals surface area contributed by atoms with E-state index in [2.05, 4.69) is 17.6 Å². The van der Waals surface area contributed by atoms with Crippen molar-refractivity contribution in [3.8, 4) is 0 Å². The number of hydrogen-bond acceptors (Lipinski definition) is 2. The van der Waals surface area contributed by atoms with Crippen LogP contribution in [0.2, 0.25) is 0 Å². The van der Waals surface area contributed by atoms with Crippen molar-refractivity contribution in [2.45, 2.75) is 51.1 Å². The van der Waals surface area contributed by atoms with Gasteiger partial charge in [-0.15, -0.1) is 0 Å². The first-order valence-corrected chi connectivity index (χ1v) is 5.81. The third-order valence-corrected chi connectivity index (χ3v) is 3.24. The van der Waals surface area contributed by atoms with Gasteiger partial charge < -0.3 is 10.6 Å². The highest BCUT2D eigenvalue weighted by Gasteiger charge is 2.24. The average molecular weight is 182 g/mol. The molecule has 0 bridgehead atoms. The number of nitrogens with one attached hydrogen (secondary N) is 2. The lowest BCUT2D eigenvalue weighted by Crippen LogP contribution is -2.43. The molecule has 1 heterocycles. The van der Waals surface area contributed by atoms with Crippen molar-refractivity contribution in [1.29, 1.82) is 0 Å². The van der Waals surface area contributed by atoms with Crippen LogP contribution in [0.5, 0.6) is 0 Å². The topological polar surface area (TPSA) is 24.1 Å². The summed E-state index contributed by atoms with van der Waals surface area (Å²) in [5.41, 5.74) is 0. The molecule has 2 aliphatic rings.